The molecule has 2 rings (SSSR count). The summed E-state index contributed by atoms with van der Waals surface area (Å²) < 4.78 is 35.3. The van der Waals surface area contributed by atoms with E-state index in [1.165, 1.54) is 7.11 Å². The molecule has 0 saturated heterocycles. The third-order valence-electron chi connectivity index (χ3n) is 3.58. The Kier molecular flexibility index (Phi) is 6.46. The quantitative estimate of drug-likeness (QED) is 0.736. The first kappa shape index (κ1) is 19.6. The number of methoxy groups -OCH3 is 2. The smallest absolute Gasteiger partial charge is 0.229 e. The first-order valence-corrected chi connectivity index (χ1v) is 9.78. The molecule has 0 aliphatic heterocycles. The number of ether oxygens (including phenoxy) is 2. The number of amides is 1. The van der Waals surface area contributed by atoms with Gasteiger partial charge in [0.15, 0.2) is 0 Å². The molecule has 8 heteroatoms. The van der Waals surface area contributed by atoms with Crippen LogP contribution in [0.1, 0.15) is 12.0 Å². The fraction of sp³-hybridized carbons (Fsp3) is 0.278. The van der Waals surface area contributed by atoms with E-state index in [4.69, 9.17) is 9.47 Å². The van der Waals surface area contributed by atoms with Crippen molar-refractivity contribution < 1.29 is 22.7 Å². The summed E-state index contributed by atoms with van der Waals surface area (Å²) in [4.78, 5) is 12.1. The van der Waals surface area contributed by atoms with Crippen molar-refractivity contribution in [1.29, 1.82) is 0 Å². The molecule has 0 radical (unpaired) electrons. The fourth-order valence-corrected chi connectivity index (χ4v) is 2.89. The summed E-state index contributed by atoms with van der Waals surface area (Å²) in [5, 5.41) is 2.78. The van der Waals surface area contributed by atoms with Crippen molar-refractivity contribution in [3.05, 3.63) is 48.0 Å². The lowest BCUT2D eigenvalue weighted by atomic mass is 10.1. The number of nitrogens with one attached hydrogen (secondary N) is 2. The van der Waals surface area contributed by atoms with Crippen LogP contribution in [-0.4, -0.2) is 34.8 Å². The monoisotopic (exact) mass is 378 g/mol. The van der Waals surface area contributed by atoms with E-state index in [9.17, 15) is 13.2 Å². The Balaban J connectivity index is 1.97. The number of hydrogen-bond acceptors (Lipinski definition) is 5. The van der Waals surface area contributed by atoms with Crippen LogP contribution >= 0.6 is 0 Å². The van der Waals surface area contributed by atoms with E-state index in [0.29, 0.717) is 30.0 Å². The van der Waals surface area contributed by atoms with E-state index < -0.39 is 10.0 Å². The van der Waals surface area contributed by atoms with Gasteiger partial charge in [-0.05, 0) is 36.2 Å². The van der Waals surface area contributed by atoms with Gasteiger partial charge in [0.1, 0.15) is 11.5 Å². The molecule has 0 saturated carbocycles. The number of sulfonamides is 1. The summed E-state index contributed by atoms with van der Waals surface area (Å²) in [7, 11) is -0.383. The standard InChI is InChI=1S/C18H22N2O5S/c1-24-15-8-4-13(5-9-15)6-11-18(21)19-14-7-10-16(17(12-14)25-2)20-26(3,22)23/h4-5,7-10,12,20H,6,11H2,1-3H3,(H,19,21). The summed E-state index contributed by atoms with van der Waals surface area (Å²) in [5.74, 6) is 0.947. The van der Waals surface area contributed by atoms with Crippen LogP contribution in [0, 0.1) is 0 Å². The zero-order valence-electron chi connectivity index (χ0n) is 14.9. The predicted molar refractivity (Wildman–Crippen MR) is 101 cm³/mol. The van der Waals surface area contributed by atoms with Crippen LogP contribution in [0.5, 0.6) is 11.5 Å². The summed E-state index contributed by atoms with van der Waals surface area (Å²) in [6, 6.07) is 12.3. The Morgan fingerprint density at radius 3 is 2.31 bits per heavy atom. The molecule has 0 heterocycles. The molecule has 0 aromatic heterocycles. The Morgan fingerprint density at radius 1 is 1.04 bits per heavy atom. The number of carbonyl (C=O) groups excluding carboxylic acids is 1. The molecule has 2 aromatic carbocycles. The second-order valence-electron chi connectivity index (χ2n) is 5.69. The lowest BCUT2D eigenvalue weighted by Gasteiger charge is -2.12. The molecule has 0 aliphatic carbocycles. The van der Waals surface area contributed by atoms with Crippen LogP contribution in [-0.2, 0) is 21.2 Å². The van der Waals surface area contributed by atoms with E-state index in [1.54, 1.807) is 25.3 Å². The van der Waals surface area contributed by atoms with Crippen LogP contribution in [0.25, 0.3) is 0 Å². The summed E-state index contributed by atoms with van der Waals surface area (Å²) >= 11 is 0. The Hall–Kier alpha value is -2.74. The van der Waals surface area contributed by atoms with Gasteiger partial charge in [-0.3, -0.25) is 9.52 Å². The molecule has 0 fully saturated rings. The molecule has 0 unspecified atom stereocenters. The van der Waals surface area contributed by atoms with Crippen molar-refractivity contribution in [2.24, 2.45) is 0 Å². The molecule has 7 nitrogen and oxygen atoms in total. The van der Waals surface area contributed by atoms with Gasteiger partial charge in [0.05, 0.1) is 26.2 Å². The van der Waals surface area contributed by atoms with Crippen molar-refractivity contribution in [3.8, 4) is 11.5 Å². The number of anilines is 2. The largest absolute Gasteiger partial charge is 0.497 e. The molecule has 26 heavy (non-hydrogen) atoms. The van der Waals surface area contributed by atoms with Crippen molar-refractivity contribution in [1.82, 2.24) is 0 Å². The molecule has 0 aliphatic rings. The summed E-state index contributed by atoms with van der Waals surface area (Å²) in [5.41, 5.74) is 1.87. The minimum Gasteiger partial charge on any atom is -0.497 e. The van der Waals surface area contributed by atoms with Crippen LogP contribution < -0.4 is 19.5 Å². The number of hydrogen-bond donors (Lipinski definition) is 2. The minimum atomic E-state index is -3.42. The molecule has 2 N–H and O–H groups in total. The van der Waals surface area contributed by atoms with Crippen molar-refractivity contribution in [2.75, 3.05) is 30.5 Å². The third-order valence-corrected chi connectivity index (χ3v) is 4.17. The molecule has 140 valence electrons. The SMILES string of the molecule is COc1ccc(CCC(=O)Nc2ccc(NS(C)(=O)=O)c(OC)c2)cc1. The minimum absolute atomic E-state index is 0.147. The Bertz CT molecular complexity index is 864. The lowest BCUT2D eigenvalue weighted by molar-refractivity contribution is -0.116. The fourth-order valence-electron chi connectivity index (χ4n) is 2.33. The topological polar surface area (TPSA) is 93.7 Å². The van der Waals surface area contributed by atoms with Gasteiger partial charge in [-0.2, -0.15) is 0 Å². The van der Waals surface area contributed by atoms with E-state index in [2.05, 4.69) is 10.0 Å². The molecule has 1 amide bonds. The highest BCUT2D eigenvalue weighted by molar-refractivity contribution is 7.92. The van der Waals surface area contributed by atoms with Gasteiger partial charge >= 0.3 is 0 Å². The average Bonchev–Trinajstić information content (AvgIpc) is 2.60. The summed E-state index contributed by atoms with van der Waals surface area (Å²) in [6.45, 7) is 0. The van der Waals surface area contributed by atoms with Crippen LogP contribution in [0.4, 0.5) is 11.4 Å². The number of rotatable bonds is 8. The van der Waals surface area contributed by atoms with E-state index in [0.717, 1.165) is 17.6 Å². The number of carbonyl (C=O) groups is 1. The lowest BCUT2D eigenvalue weighted by Crippen LogP contribution is -2.13. The van der Waals surface area contributed by atoms with Gasteiger partial charge < -0.3 is 14.8 Å². The first-order chi connectivity index (χ1) is 12.3. The second-order valence-corrected chi connectivity index (χ2v) is 7.43. The van der Waals surface area contributed by atoms with Crippen LogP contribution in [0.3, 0.4) is 0 Å². The van der Waals surface area contributed by atoms with Gasteiger partial charge in [0.2, 0.25) is 15.9 Å². The van der Waals surface area contributed by atoms with Gasteiger partial charge in [0.25, 0.3) is 0 Å². The normalized spacial score (nSPS) is 10.9. The van der Waals surface area contributed by atoms with Crippen LogP contribution in [0.15, 0.2) is 42.5 Å². The molecular weight excluding hydrogens is 356 g/mol. The molecule has 0 bridgehead atoms. The van der Waals surface area contributed by atoms with Crippen molar-refractivity contribution in [2.45, 2.75) is 12.8 Å². The van der Waals surface area contributed by atoms with Gasteiger partial charge in [0, 0.05) is 18.2 Å². The molecule has 2 aromatic rings. The zero-order valence-corrected chi connectivity index (χ0v) is 15.7. The Morgan fingerprint density at radius 2 is 1.73 bits per heavy atom. The van der Waals surface area contributed by atoms with E-state index in [-0.39, 0.29) is 5.91 Å². The van der Waals surface area contributed by atoms with Gasteiger partial charge in [-0.1, -0.05) is 12.1 Å². The number of benzene rings is 2. The van der Waals surface area contributed by atoms with Crippen molar-refractivity contribution in [3.63, 3.8) is 0 Å². The maximum atomic E-state index is 12.1. The van der Waals surface area contributed by atoms with Gasteiger partial charge in [-0.25, -0.2) is 8.42 Å². The highest BCUT2D eigenvalue weighted by Gasteiger charge is 2.10. The first-order valence-electron chi connectivity index (χ1n) is 7.89. The van der Waals surface area contributed by atoms with Crippen LogP contribution in [0.2, 0.25) is 0 Å². The Labute approximate surface area is 153 Å². The summed E-state index contributed by atoms with van der Waals surface area (Å²) in [6.07, 6.45) is 1.97. The average molecular weight is 378 g/mol. The maximum Gasteiger partial charge on any atom is 0.229 e. The maximum absolute atomic E-state index is 12.1. The third kappa shape index (κ3) is 5.96. The highest BCUT2D eigenvalue weighted by Crippen LogP contribution is 2.28. The van der Waals surface area contributed by atoms with Gasteiger partial charge in [-0.15, -0.1) is 0 Å². The van der Waals surface area contributed by atoms with E-state index >= 15 is 0 Å². The molecule has 0 spiro atoms. The zero-order chi connectivity index (χ0) is 19.2. The number of aryl methyl sites for hydroxylation is 1. The molecule has 0 atom stereocenters. The predicted octanol–water partition coefficient (Wildman–Crippen LogP) is 2.65. The second kappa shape index (κ2) is 8.57. The van der Waals surface area contributed by atoms with E-state index in [1.807, 2.05) is 24.3 Å². The van der Waals surface area contributed by atoms with Crippen molar-refractivity contribution >= 4 is 27.3 Å². The highest BCUT2D eigenvalue weighted by atomic mass is 32.2. The molecular formula is C18H22N2O5S.